The zero-order valence-corrected chi connectivity index (χ0v) is 13.5. The highest BCUT2D eigenvalue weighted by Crippen LogP contribution is 2.31. The van der Waals surface area contributed by atoms with Crippen molar-refractivity contribution < 1.29 is 4.74 Å². The number of ether oxygens (including phenoxy) is 1. The Balaban J connectivity index is 2.05. The minimum atomic E-state index is 0.550. The Morgan fingerprint density at radius 2 is 2.05 bits per heavy atom. The summed E-state index contributed by atoms with van der Waals surface area (Å²) in [6.07, 6.45) is 8.17. The molecule has 1 saturated carbocycles. The van der Waals surface area contributed by atoms with Gasteiger partial charge in [-0.1, -0.05) is 13.3 Å². The van der Waals surface area contributed by atoms with E-state index in [0.717, 1.165) is 16.3 Å². The number of aromatic nitrogens is 2. The molecule has 1 aliphatic rings. The molecule has 1 aromatic heterocycles. The van der Waals surface area contributed by atoms with Gasteiger partial charge in [0.25, 0.3) is 0 Å². The molecule has 0 saturated heterocycles. The van der Waals surface area contributed by atoms with Gasteiger partial charge in [-0.15, -0.1) is 0 Å². The fraction of sp³-hybridized carbons (Fsp3) is 0.714. The van der Waals surface area contributed by atoms with E-state index in [1.165, 1.54) is 32.1 Å². The SMILES string of the molecule is CCC1CCC(N(C)c2ncc(Br)c(OC)n2)CC1. The maximum atomic E-state index is 5.23. The summed E-state index contributed by atoms with van der Waals surface area (Å²) >= 11 is 3.38. The molecule has 0 bridgehead atoms. The third-order valence-corrected chi connectivity index (χ3v) is 4.69. The van der Waals surface area contributed by atoms with E-state index in [1.54, 1.807) is 13.3 Å². The van der Waals surface area contributed by atoms with Crippen LogP contribution in [-0.4, -0.2) is 30.2 Å². The predicted octanol–water partition coefficient (Wildman–Crippen LogP) is 3.65. The number of hydrogen-bond donors (Lipinski definition) is 0. The largest absolute Gasteiger partial charge is 0.480 e. The van der Waals surface area contributed by atoms with Crippen LogP contribution in [0.2, 0.25) is 0 Å². The van der Waals surface area contributed by atoms with Crippen molar-refractivity contribution in [1.29, 1.82) is 0 Å². The lowest BCUT2D eigenvalue weighted by Crippen LogP contribution is -2.36. The lowest BCUT2D eigenvalue weighted by Gasteiger charge is -2.34. The summed E-state index contributed by atoms with van der Waals surface area (Å²) < 4.78 is 6.03. The Labute approximate surface area is 123 Å². The number of anilines is 1. The van der Waals surface area contributed by atoms with E-state index in [0.29, 0.717) is 11.9 Å². The van der Waals surface area contributed by atoms with Gasteiger partial charge in [-0.3, -0.25) is 0 Å². The first-order valence-corrected chi connectivity index (χ1v) is 7.74. The lowest BCUT2D eigenvalue weighted by atomic mass is 9.84. The summed E-state index contributed by atoms with van der Waals surface area (Å²) in [7, 11) is 3.71. The van der Waals surface area contributed by atoms with Crippen molar-refractivity contribution in [2.45, 2.75) is 45.1 Å². The summed E-state index contributed by atoms with van der Waals surface area (Å²) in [5.74, 6) is 2.25. The van der Waals surface area contributed by atoms with Gasteiger partial charge in [0.15, 0.2) is 0 Å². The van der Waals surface area contributed by atoms with Crippen molar-refractivity contribution in [3.8, 4) is 5.88 Å². The Morgan fingerprint density at radius 1 is 1.37 bits per heavy atom. The van der Waals surface area contributed by atoms with E-state index in [-0.39, 0.29) is 0 Å². The molecule has 0 atom stereocenters. The first-order valence-electron chi connectivity index (χ1n) is 6.95. The van der Waals surface area contributed by atoms with Crippen LogP contribution in [0.1, 0.15) is 39.0 Å². The van der Waals surface area contributed by atoms with Crippen LogP contribution in [0.5, 0.6) is 5.88 Å². The molecule has 0 spiro atoms. The molecule has 4 nitrogen and oxygen atoms in total. The van der Waals surface area contributed by atoms with Gasteiger partial charge in [0.05, 0.1) is 17.8 Å². The van der Waals surface area contributed by atoms with Crippen LogP contribution in [-0.2, 0) is 0 Å². The molecule has 106 valence electrons. The van der Waals surface area contributed by atoms with Crippen LogP contribution in [0.3, 0.4) is 0 Å². The van der Waals surface area contributed by atoms with Gasteiger partial charge in [-0.2, -0.15) is 4.98 Å². The fourth-order valence-corrected chi connectivity index (χ4v) is 3.11. The van der Waals surface area contributed by atoms with Crippen molar-refractivity contribution in [1.82, 2.24) is 9.97 Å². The summed E-state index contributed by atoms with van der Waals surface area (Å²) in [5.41, 5.74) is 0. The normalized spacial score (nSPS) is 23.2. The molecular formula is C14H22BrN3O. The van der Waals surface area contributed by atoms with Crippen LogP contribution in [0.15, 0.2) is 10.7 Å². The Kier molecular flexibility index (Phi) is 5.02. The van der Waals surface area contributed by atoms with Crippen LogP contribution >= 0.6 is 15.9 Å². The van der Waals surface area contributed by atoms with Crippen molar-refractivity contribution in [2.24, 2.45) is 5.92 Å². The standard InChI is InChI=1S/C14H22BrN3O/c1-4-10-5-7-11(8-6-10)18(2)14-16-9-12(15)13(17-14)19-3/h9-11H,4-8H2,1-3H3. The van der Waals surface area contributed by atoms with Crippen molar-refractivity contribution in [3.63, 3.8) is 0 Å². The molecule has 0 aliphatic heterocycles. The Bertz CT molecular complexity index is 419. The topological polar surface area (TPSA) is 38.2 Å². The molecular weight excluding hydrogens is 306 g/mol. The predicted molar refractivity (Wildman–Crippen MR) is 80.7 cm³/mol. The fourth-order valence-electron chi connectivity index (χ4n) is 2.76. The Hall–Kier alpha value is -0.840. The highest BCUT2D eigenvalue weighted by Gasteiger charge is 2.24. The molecule has 1 aromatic rings. The monoisotopic (exact) mass is 327 g/mol. The van der Waals surface area contributed by atoms with Gasteiger partial charge in [-0.05, 0) is 47.5 Å². The van der Waals surface area contributed by atoms with Gasteiger partial charge in [-0.25, -0.2) is 4.98 Å². The average molecular weight is 328 g/mol. The molecule has 2 rings (SSSR count). The quantitative estimate of drug-likeness (QED) is 0.846. The highest BCUT2D eigenvalue weighted by molar-refractivity contribution is 9.10. The number of hydrogen-bond acceptors (Lipinski definition) is 4. The summed E-state index contributed by atoms with van der Waals surface area (Å²) in [4.78, 5) is 11.0. The summed E-state index contributed by atoms with van der Waals surface area (Å²) in [6, 6.07) is 0.550. The molecule has 1 fully saturated rings. The van der Waals surface area contributed by atoms with E-state index in [4.69, 9.17) is 4.74 Å². The van der Waals surface area contributed by atoms with Crippen molar-refractivity contribution in [2.75, 3.05) is 19.1 Å². The van der Waals surface area contributed by atoms with Crippen molar-refractivity contribution in [3.05, 3.63) is 10.7 Å². The van der Waals surface area contributed by atoms with E-state index in [1.807, 2.05) is 0 Å². The zero-order chi connectivity index (χ0) is 13.8. The van der Waals surface area contributed by atoms with E-state index in [9.17, 15) is 0 Å². The van der Waals surface area contributed by atoms with Gasteiger partial charge < -0.3 is 9.64 Å². The van der Waals surface area contributed by atoms with Gasteiger partial charge in [0.1, 0.15) is 0 Å². The van der Waals surface area contributed by atoms with Crippen LogP contribution in [0.25, 0.3) is 0 Å². The molecule has 1 heterocycles. The average Bonchev–Trinajstić information content (AvgIpc) is 2.47. The number of nitrogens with zero attached hydrogens (tertiary/aromatic N) is 3. The second-order valence-corrected chi connectivity index (χ2v) is 6.08. The molecule has 19 heavy (non-hydrogen) atoms. The molecule has 1 aliphatic carbocycles. The molecule has 0 unspecified atom stereocenters. The second kappa shape index (κ2) is 6.55. The second-order valence-electron chi connectivity index (χ2n) is 5.22. The third kappa shape index (κ3) is 3.38. The zero-order valence-electron chi connectivity index (χ0n) is 11.9. The minimum absolute atomic E-state index is 0.550. The maximum absolute atomic E-state index is 5.23. The molecule has 0 aromatic carbocycles. The van der Waals surface area contributed by atoms with E-state index >= 15 is 0 Å². The molecule has 0 N–H and O–H groups in total. The highest BCUT2D eigenvalue weighted by atomic mass is 79.9. The van der Waals surface area contributed by atoms with Crippen LogP contribution < -0.4 is 9.64 Å². The van der Waals surface area contributed by atoms with E-state index < -0.39 is 0 Å². The van der Waals surface area contributed by atoms with Gasteiger partial charge >= 0.3 is 0 Å². The minimum Gasteiger partial charge on any atom is -0.480 e. The molecule has 5 heteroatoms. The van der Waals surface area contributed by atoms with Crippen molar-refractivity contribution >= 4 is 21.9 Å². The number of rotatable bonds is 4. The smallest absolute Gasteiger partial charge is 0.232 e. The summed E-state index contributed by atoms with van der Waals surface area (Å²) in [5, 5.41) is 0. The summed E-state index contributed by atoms with van der Waals surface area (Å²) in [6.45, 7) is 2.29. The maximum Gasteiger partial charge on any atom is 0.232 e. The van der Waals surface area contributed by atoms with Crippen LogP contribution in [0, 0.1) is 5.92 Å². The number of halogens is 1. The van der Waals surface area contributed by atoms with Crippen LogP contribution in [0.4, 0.5) is 5.95 Å². The first kappa shape index (κ1) is 14.6. The number of methoxy groups -OCH3 is 1. The van der Waals surface area contributed by atoms with E-state index in [2.05, 4.69) is 44.8 Å². The lowest BCUT2D eigenvalue weighted by molar-refractivity contribution is 0.311. The van der Waals surface area contributed by atoms with Gasteiger partial charge in [0.2, 0.25) is 11.8 Å². The molecule has 0 amide bonds. The van der Waals surface area contributed by atoms with Gasteiger partial charge in [0, 0.05) is 13.1 Å². The molecule has 0 radical (unpaired) electrons. The third-order valence-electron chi connectivity index (χ3n) is 4.15. The Morgan fingerprint density at radius 3 is 2.63 bits per heavy atom. The first-order chi connectivity index (χ1) is 9.15.